The normalized spacial score (nSPS) is 11.6. The number of ether oxygens (including phenoxy) is 1. The number of aromatic amines is 1. The summed E-state index contributed by atoms with van der Waals surface area (Å²) in [6.45, 7) is 0.208. The molecule has 0 aliphatic heterocycles. The first-order chi connectivity index (χ1) is 14.3. The predicted octanol–water partition coefficient (Wildman–Crippen LogP) is 3.60. The molecule has 142 valence electrons. The molecular formula is C22H17N5O2. The molecule has 1 heterocycles. The number of rotatable bonds is 5. The molecule has 1 aromatic heterocycles. The zero-order valence-electron chi connectivity index (χ0n) is 15.4. The summed E-state index contributed by atoms with van der Waals surface area (Å²) in [6, 6.07) is 21.4. The van der Waals surface area contributed by atoms with Crippen molar-refractivity contribution in [3.05, 3.63) is 89.2 Å². The molecule has 7 heteroatoms. The highest BCUT2D eigenvalue weighted by atomic mass is 16.5. The number of H-pyrrole nitrogens is 1. The van der Waals surface area contributed by atoms with E-state index in [1.54, 1.807) is 24.3 Å². The summed E-state index contributed by atoms with van der Waals surface area (Å²) >= 11 is 0. The van der Waals surface area contributed by atoms with Crippen LogP contribution in [0.25, 0.3) is 11.1 Å². The molecule has 3 aromatic carbocycles. The molecule has 1 aliphatic carbocycles. The van der Waals surface area contributed by atoms with Crippen molar-refractivity contribution in [1.82, 2.24) is 20.6 Å². The summed E-state index contributed by atoms with van der Waals surface area (Å²) in [5.74, 6) is 0.928. The van der Waals surface area contributed by atoms with E-state index < -0.39 is 0 Å². The molecule has 0 atom stereocenters. The Balaban J connectivity index is 1.25. The fraction of sp³-hybridized carbons (Fsp3) is 0.0909. The Morgan fingerprint density at radius 2 is 1.83 bits per heavy atom. The highest BCUT2D eigenvalue weighted by molar-refractivity contribution is 6.04. The maximum absolute atomic E-state index is 12.6. The van der Waals surface area contributed by atoms with Crippen molar-refractivity contribution in [2.45, 2.75) is 13.0 Å². The van der Waals surface area contributed by atoms with Crippen LogP contribution >= 0.6 is 0 Å². The summed E-state index contributed by atoms with van der Waals surface area (Å²) in [5.41, 5.74) is 6.41. The highest BCUT2D eigenvalue weighted by Gasteiger charge is 2.18. The lowest BCUT2D eigenvalue weighted by Gasteiger charge is -2.09. The Labute approximate surface area is 166 Å². The number of anilines is 1. The topological polar surface area (TPSA) is 92.8 Å². The van der Waals surface area contributed by atoms with Crippen LogP contribution in [0.2, 0.25) is 0 Å². The second kappa shape index (κ2) is 7.20. The van der Waals surface area contributed by atoms with E-state index in [9.17, 15) is 4.79 Å². The monoisotopic (exact) mass is 383 g/mol. The number of nitrogens with one attached hydrogen (secondary N) is 2. The van der Waals surface area contributed by atoms with Crippen LogP contribution in [0.3, 0.4) is 0 Å². The second-order valence-corrected chi connectivity index (χ2v) is 6.80. The lowest BCUT2D eigenvalue weighted by atomic mass is 10.1. The van der Waals surface area contributed by atoms with E-state index in [0.29, 0.717) is 17.1 Å². The van der Waals surface area contributed by atoms with E-state index in [0.717, 1.165) is 12.1 Å². The van der Waals surface area contributed by atoms with E-state index in [2.05, 4.69) is 62.3 Å². The number of aromatic nitrogens is 4. The van der Waals surface area contributed by atoms with Crippen molar-refractivity contribution in [2.24, 2.45) is 0 Å². The van der Waals surface area contributed by atoms with Crippen LogP contribution in [-0.2, 0) is 13.0 Å². The van der Waals surface area contributed by atoms with E-state index >= 15 is 0 Å². The summed E-state index contributed by atoms with van der Waals surface area (Å²) in [7, 11) is 0. The molecule has 0 bridgehead atoms. The van der Waals surface area contributed by atoms with Gasteiger partial charge in [-0.15, -0.1) is 10.2 Å². The molecule has 0 fully saturated rings. The lowest BCUT2D eigenvalue weighted by molar-refractivity contribution is 0.102. The fourth-order valence-electron chi connectivity index (χ4n) is 3.52. The zero-order valence-corrected chi connectivity index (χ0v) is 15.4. The molecule has 0 radical (unpaired) electrons. The van der Waals surface area contributed by atoms with E-state index in [1.165, 1.54) is 22.3 Å². The largest absolute Gasteiger partial charge is 0.485 e. The molecule has 5 rings (SSSR count). The predicted molar refractivity (Wildman–Crippen MR) is 108 cm³/mol. The molecule has 7 nitrogen and oxygen atoms in total. The van der Waals surface area contributed by atoms with Crippen LogP contribution in [0.5, 0.6) is 5.75 Å². The number of tetrazole rings is 1. The van der Waals surface area contributed by atoms with Gasteiger partial charge in [0.25, 0.3) is 5.91 Å². The molecule has 4 aromatic rings. The fourth-order valence-corrected chi connectivity index (χ4v) is 3.52. The summed E-state index contributed by atoms with van der Waals surface area (Å²) in [4.78, 5) is 12.6. The van der Waals surface area contributed by atoms with Gasteiger partial charge >= 0.3 is 0 Å². The maximum Gasteiger partial charge on any atom is 0.255 e. The van der Waals surface area contributed by atoms with Crippen LogP contribution in [0.4, 0.5) is 5.69 Å². The summed E-state index contributed by atoms with van der Waals surface area (Å²) in [6.07, 6.45) is 0.891. The average molecular weight is 383 g/mol. The second-order valence-electron chi connectivity index (χ2n) is 6.80. The van der Waals surface area contributed by atoms with E-state index in [4.69, 9.17) is 4.74 Å². The van der Waals surface area contributed by atoms with Gasteiger partial charge in [0.15, 0.2) is 6.61 Å². The van der Waals surface area contributed by atoms with Crippen LogP contribution in [0, 0.1) is 0 Å². The number of hydrogen-bond donors (Lipinski definition) is 2. The van der Waals surface area contributed by atoms with Crippen LogP contribution in [0.1, 0.15) is 27.3 Å². The number of amides is 1. The highest BCUT2D eigenvalue weighted by Crippen LogP contribution is 2.37. The molecular weight excluding hydrogens is 366 g/mol. The van der Waals surface area contributed by atoms with Crippen LogP contribution in [-0.4, -0.2) is 26.5 Å². The Morgan fingerprint density at radius 3 is 2.66 bits per heavy atom. The average Bonchev–Trinajstić information content (AvgIpc) is 3.40. The number of nitrogens with zero attached hydrogens (tertiary/aromatic N) is 3. The number of carbonyl (C=O) groups excluding carboxylic acids is 1. The molecule has 1 aliphatic rings. The van der Waals surface area contributed by atoms with Gasteiger partial charge in [-0.05, 0) is 65.1 Å². The van der Waals surface area contributed by atoms with E-state index in [1.807, 2.05) is 6.07 Å². The van der Waals surface area contributed by atoms with Crippen molar-refractivity contribution in [3.8, 4) is 16.9 Å². The van der Waals surface area contributed by atoms with Gasteiger partial charge in [0.1, 0.15) is 5.75 Å². The van der Waals surface area contributed by atoms with Crippen molar-refractivity contribution in [3.63, 3.8) is 0 Å². The van der Waals surface area contributed by atoms with Crippen LogP contribution < -0.4 is 10.1 Å². The Kier molecular flexibility index (Phi) is 4.25. The van der Waals surface area contributed by atoms with Gasteiger partial charge in [0.05, 0.1) is 0 Å². The summed E-state index contributed by atoms with van der Waals surface area (Å²) < 4.78 is 5.57. The minimum atomic E-state index is -0.162. The Hall–Kier alpha value is -4.00. The van der Waals surface area contributed by atoms with Gasteiger partial charge in [-0.3, -0.25) is 4.79 Å². The Bertz CT molecular complexity index is 1170. The minimum absolute atomic E-state index is 0.162. The van der Waals surface area contributed by atoms with Crippen molar-refractivity contribution >= 4 is 11.6 Å². The minimum Gasteiger partial charge on any atom is -0.485 e. The molecule has 0 spiro atoms. The maximum atomic E-state index is 12.6. The first-order valence-electron chi connectivity index (χ1n) is 9.24. The van der Waals surface area contributed by atoms with Crippen molar-refractivity contribution in [2.75, 3.05) is 5.32 Å². The first kappa shape index (κ1) is 17.1. The molecule has 29 heavy (non-hydrogen) atoms. The van der Waals surface area contributed by atoms with Crippen LogP contribution in [0.15, 0.2) is 66.7 Å². The summed E-state index contributed by atoms with van der Waals surface area (Å²) in [5, 5.41) is 16.5. The molecule has 1 amide bonds. The molecule has 2 N–H and O–H groups in total. The third-order valence-electron chi connectivity index (χ3n) is 4.93. The van der Waals surface area contributed by atoms with E-state index in [-0.39, 0.29) is 12.5 Å². The van der Waals surface area contributed by atoms with Crippen molar-refractivity contribution < 1.29 is 9.53 Å². The molecule has 0 unspecified atom stereocenters. The first-order valence-corrected chi connectivity index (χ1v) is 9.24. The molecule has 0 saturated heterocycles. The standard InChI is InChI=1S/C22H17N5O2/c28-22(14-5-8-18(9-6-14)29-13-21-24-26-27-25-21)23-17-7-10-20-16(12-17)11-15-3-1-2-4-19(15)20/h1-10,12H,11,13H2,(H,23,28)(H,24,25,26,27). The third kappa shape index (κ3) is 3.45. The van der Waals surface area contributed by atoms with Gasteiger partial charge in [-0.25, -0.2) is 0 Å². The third-order valence-corrected chi connectivity index (χ3v) is 4.93. The number of hydrogen-bond acceptors (Lipinski definition) is 5. The zero-order chi connectivity index (χ0) is 19.6. The van der Waals surface area contributed by atoms with Gasteiger partial charge < -0.3 is 10.1 Å². The Morgan fingerprint density at radius 1 is 1.00 bits per heavy atom. The van der Waals surface area contributed by atoms with Crippen molar-refractivity contribution in [1.29, 1.82) is 0 Å². The lowest BCUT2D eigenvalue weighted by Crippen LogP contribution is -2.12. The molecule has 0 saturated carbocycles. The number of benzene rings is 3. The van der Waals surface area contributed by atoms with Gasteiger partial charge in [0.2, 0.25) is 5.82 Å². The quantitative estimate of drug-likeness (QED) is 0.484. The van der Waals surface area contributed by atoms with Gasteiger partial charge in [0, 0.05) is 11.3 Å². The number of fused-ring (bicyclic) bond motifs is 3. The number of carbonyl (C=O) groups is 1. The van der Waals surface area contributed by atoms with Gasteiger partial charge in [-0.1, -0.05) is 35.5 Å². The smallest absolute Gasteiger partial charge is 0.255 e. The SMILES string of the molecule is O=C(Nc1ccc2c(c1)Cc1ccccc1-2)c1ccc(OCc2nn[nH]n2)cc1. The van der Waals surface area contributed by atoms with Gasteiger partial charge in [-0.2, -0.15) is 5.21 Å².